The molecule has 0 bridgehead atoms. The first-order chi connectivity index (χ1) is 12.5. The summed E-state index contributed by atoms with van der Waals surface area (Å²) in [6.07, 6.45) is 0.402. The van der Waals surface area contributed by atoms with Crippen LogP contribution in [0.15, 0.2) is 22.9 Å². The van der Waals surface area contributed by atoms with Gasteiger partial charge in [-0.3, -0.25) is 9.89 Å². The predicted molar refractivity (Wildman–Crippen MR) is 88.0 cm³/mol. The summed E-state index contributed by atoms with van der Waals surface area (Å²) in [5.41, 5.74) is 1.31. The summed E-state index contributed by atoms with van der Waals surface area (Å²) in [7, 11) is 0. The van der Waals surface area contributed by atoms with E-state index in [9.17, 15) is 13.6 Å². The van der Waals surface area contributed by atoms with Gasteiger partial charge in [0.25, 0.3) is 18.0 Å². The van der Waals surface area contributed by atoms with E-state index < -0.39 is 6.43 Å². The fourth-order valence-corrected chi connectivity index (χ4v) is 3.48. The topological polar surface area (TPSA) is 87.9 Å². The first-order valence-corrected chi connectivity index (χ1v) is 8.38. The lowest BCUT2D eigenvalue weighted by atomic mass is 9.92. The highest BCUT2D eigenvalue weighted by atomic mass is 19.3. The van der Waals surface area contributed by atoms with Gasteiger partial charge in [-0.1, -0.05) is 5.16 Å². The van der Waals surface area contributed by atoms with Gasteiger partial charge in [0.15, 0.2) is 0 Å². The number of aryl methyl sites for hydroxylation is 1. The van der Waals surface area contributed by atoms with Crippen LogP contribution >= 0.6 is 0 Å². The number of piperidine rings is 1. The van der Waals surface area contributed by atoms with E-state index in [1.165, 1.54) is 12.3 Å². The molecule has 0 spiro atoms. The van der Waals surface area contributed by atoms with Crippen LogP contribution in [-0.2, 0) is 0 Å². The van der Waals surface area contributed by atoms with Crippen LogP contribution in [-0.4, -0.2) is 44.2 Å². The van der Waals surface area contributed by atoms with E-state index in [4.69, 9.17) is 4.52 Å². The Bertz CT molecular complexity index is 938. The lowest BCUT2D eigenvalue weighted by molar-refractivity contribution is 0.0699. The maximum Gasteiger partial charge on any atom is 0.271 e. The number of rotatable bonds is 3. The molecule has 4 heterocycles. The van der Waals surface area contributed by atoms with Crippen molar-refractivity contribution in [1.29, 1.82) is 0 Å². The fourth-order valence-electron chi connectivity index (χ4n) is 3.48. The molecule has 0 unspecified atom stereocenters. The Balaban J connectivity index is 1.65. The Morgan fingerprint density at radius 1 is 1.46 bits per heavy atom. The minimum absolute atomic E-state index is 0.118. The molecule has 26 heavy (non-hydrogen) atoms. The molecule has 4 rings (SSSR count). The maximum atomic E-state index is 13.5. The normalized spacial score (nSPS) is 18.0. The number of likely N-dealkylation sites (tertiary alicyclic amines) is 1. The second-order valence-electron chi connectivity index (χ2n) is 6.45. The van der Waals surface area contributed by atoms with Crippen molar-refractivity contribution in [3.8, 4) is 0 Å². The Morgan fingerprint density at radius 2 is 2.31 bits per heavy atom. The van der Waals surface area contributed by atoms with E-state index in [0.717, 1.165) is 12.8 Å². The van der Waals surface area contributed by atoms with Crippen molar-refractivity contribution >= 4 is 17.0 Å². The number of nitrogens with zero attached hydrogens (tertiary/aromatic N) is 4. The number of alkyl halides is 2. The van der Waals surface area contributed by atoms with Crippen molar-refractivity contribution in [2.75, 3.05) is 13.1 Å². The molecule has 0 saturated carbocycles. The van der Waals surface area contributed by atoms with Gasteiger partial charge in [-0.15, -0.1) is 0 Å². The van der Waals surface area contributed by atoms with Crippen molar-refractivity contribution in [2.24, 2.45) is 0 Å². The van der Waals surface area contributed by atoms with Crippen LogP contribution in [0.2, 0.25) is 0 Å². The van der Waals surface area contributed by atoms with Gasteiger partial charge in [0.05, 0.1) is 11.1 Å². The lowest BCUT2D eigenvalue weighted by Gasteiger charge is -2.32. The number of amides is 1. The quantitative estimate of drug-likeness (QED) is 0.774. The summed E-state index contributed by atoms with van der Waals surface area (Å²) in [5.74, 6) is -0.291. The van der Waals surface area contributed by atoms with Crippen molar-refractivity contribution in [2.45, 2.75) is 32.1 Å². The highest BCUT2D eigenvalue weighted by Gasteiger charge is 2.29. The molecule has 7 nitrogen and oxygen atoms in total. The molecule has 1 aliphatic heterocycles. The Hall–Kier alpha value is -2.84. The average Bonchev–Trinajstić information content (AvgIpc) is 3.31. The summed E-state index contributed by atoms with van der Waals surface area (Å²) in [6, 6.07) is 3.04. The number of carbonyl (C=O) groups is 1. The third kappa shape index (κ3) is 2.83. The minimum atomic E-state index is -2.65. The third-order valence-corrected chi connectivity index (χ3v) is 4.76. The molecule has 1 atom stereocenters. The molecule has 3 aromatic rings. The summed E-state index contributed by atoms with van der Waals surface area (Å²) in [4.78, 5) is 18.6. The van der Waals surface area contributed by atoms with Gasteiger partial charge in [-0.05, 0) is 31.9 Å². The van der Waals surface area contributed by atoms with Crippen LogP contribution in [0, 0.1) is 6.92 Å². The number of hydrogen-bond acceptors (Lipinski definition) is 5. The zero-order chi connectivity index (χ0) is 18.3. The number of nitrogens with one attached hydrogen (secondary N) is 1. The molecule has 9 heteroatoms. The smallest absolute Gasteiger partial charge is 0.271 e. The van der Waals surface area contributed by atoms with Crippen LogP contribution in [0.25, 0.3) is 11.1 Å². The highest BCUT2D eigenvalue weighted by molar-refractivity contribution is 5.92. The van der Waals surface area contributed by atoms with Crippen LogP contribution in [0.3, 0.4) is 0 Å². The molecule has 0 radical (unpaired) electrons. The molecule has 1 amide bonds. The SMILES string of the molecule is Cc1noc2nc([C@H]3CCCN(C(=O)c4ccn[nH]4)C3)cc(C(F)F)c12. The van der Waals surface area contributed by atoms with Crippen LogP contribution in [0.1, 0.15) is 52.6 Å². The van der Waals surface area contributed by atoms with Crippen LogP contribution in [0.5, 0.6) is 0 Å². The van der Waals surface area contributed by atoms with E-state index in [-0.39, 0.29) is 28.5 Å². The van der Waals surface area contributed by atoms with Crippen molar-refractivity contribution in [3.63, 3.8) is 0 Å². The fraction of sp³-hybridized carbons (Fsp3) is 0.412. The van der Waals surface area contributed by atoms with Gasteiger partial charge in [-0.2, -0.15) is 5.10 Å². The second-order valence-corrected chi connectivity index (χ2v) is 6.45. The predicted octanol–water partition coefficient (Wildman–Crippen LogP) is 3.21. The number of fused-ring (bicyclic) bond motifs is 1. The highest BCUT2D eigenvalue weighted by Crippen LogP contribution is 2.34. The summed E-state index contributed by atoms with van der Waals surface area (Å²) < 4.78 is 32.2. The monoisotopic (exact) mass is 361 g/mol. The molecule has 0 aliphatic carbocycles. The van der Waals surface area contributed by atoms with E-state index in [2.05, 4.69) is 20.3 Å². The van der Waals surface area contributed by atoms with Crippen LogP contribution < -0.4 is 0 Å². The summed E-state index contributed by atoms with van der Waals surface area (Å²) >= 11 is 0. The molecular weight excluding hydrogens is 344 g/mol. The zero-order valence-corrected chi connectivity index (χ0v) is 14.1. The average molecular weight is 361 g/mol. The van der Waals surface area contributed by atoms with Gasteiger partial charge in [0, 0.05) is 36.5 Å². The number of hydrogen-bond donors (Lipinski definition) is 1. The lowest BCUT2D eigenvalue weighted by Crippen LogP contribution is -2.39. The van der Waals surface area contributed by atoms with Crippen molar-refractivity contribution < 1.29 is 18.1 Å². The number of halogens is 2. The summed E-state index contributed by atoms with van der Waals surface area (Å²) in [6.45, 7) is 2.64. The minimum Gasteiger partial charge on any atom is -0.337 e. The molecule has 1 aliphatic rings. The van der Waals surface area contributed by atoms with Gasteiger partial charge >= 0.3 is 0 Å². The number of aromatic amines is 1. The second kappa shape index (κ2) is 6.47. The molecule has 3 aromatic heterocycles. The van der Waals surface area contributed by atoms with Gasteiger partial charge in [0.2, 0.25) is 0 Å². The Labute approximate surface area is 147 Å². The molecule has 1 N–H and O–H groups in total. The Kier molecular flexibility index (Phi) is 4.14. The van der Waals surface area contributed by atoms with E-state index in [1.807, 2.05) is 0 Å². The molecule has 1 saturated heterocycles. The van der Waals surface area contributed by atoms with Crippen LogP contribution in [0.4, 0.5) is 8.78 Å². The van der Waals surface area contributed by atoms with E-state index in [0.29, 0.717) is 30.2 Å². The van der Waals surface area contributed by atoms with Gasteiger partial charge in [0.1, 0.15) is 5.69 Å². The number of H-pyrrole nitrogens is 1. The number of aromatic nitrogens is 4. The summed E-state index contributed by atoms with van der Waals surface area (Å²) in [5, 5.41) is 10.5. The first-order valence-electron chi connectivity index (χ1n) is 8.38. The van der Waals surface area contributed by atoms with Gasteiger partial charge in [-0.25, -0.2) is 13.8 Å². The first kappa shape index (κ1) is 16.6. The standard InChI is InChI=1S/C17H17F2N5O2/c1-9-14-11(15(18)19)7-13(21-16(14)26-23-9)10-3-2-6-24(8-10)17(25)12-4-5-20-22-12/h4-5,7,10,15H,2-3,6,8H2,1H3,(H,20,22)/t10-/m0/s1. The number of carbonyl (C=O) groups excluding carboxylic acids is 1. The largest absolute Gasteiger partial charge is 0.337 e. The molecule has 0 aromatic carbocycles. The molecule has 1 fully saturated rings. The van der Waals surface area contributed by atoms with Gasteiger partial charge < -0.3 is 9.42 Å². The number of pyridine rings is 1. The third-order valence-electron chi connectivity index (χ3n) is 4.76. The molecular formula is C17H17F2N5O2. The van der Waals surface area contributed by atoms with Crippen molar-refractivity contribution in [3.05, 3.63) is 41.0 Å². The van der Waals surface area contributed by atoms with Crippen molar-refractivity contribution in [1.82, 2.24) is 25.2 Å². The zero-order valence-electron chi connectivity index (χ0n) is 14.1. The van der Waals surface area contributed by atoms with E-state index in [1.54, 1.807) is 17.9 Å². The Morgan fingerprint density at radius 3 is 3.04 bits per heavy atom. The maximum absolute atomic E-state index is 13.5. The van der Waals surface area contributed by atoms with E-state index >= 15 is 0 Å². The molecule has 136 valence electrons.